The molecule has 1 unspecified atom stereocenters. The van der Waals surface area contributed by atoms with Crippen LogP contribution in [0.25, 0.3) is 0 Å². The monoisotopic (exact) mass is 274 g/mol. The van der Waals surface area contributed by atoms with Crippen molar-refractivity contribution in [3.05, 3.63) is 0 Å². The Hall–Kier alpha value is -1.96. The van der Waals surface area contributed by atoms with Gasteiger partial charge in [0.25, 0.3) is 0 Å². The first-order valence-corrected chi connectivity index (χ1v) is 5.55. The molecule has 0 fully saturated rings. The summed E-state index contributed by atoms with van der Waals surface area (Å²) in [5.74, 6) is -3.25. The summed E-state index contributed by atoms with van der Waals surface area (Å²) < 4.78 is 0. The number of Topliss-reactive ketones (excluding diaryl/α,β-unsaturated/α-hetero) is 1. The van der Waals surface area contributed by atoms with Crippen LogP contribution in [0.1, 0.15) is 20.8 Å². The van der Waals surface area contributed by atoms with Crippen molar-refractivity contribution in [3.8, 4) is 0 Å². The van der Waals surface area contributed by atoms with Crippen LogP contribution in [0, 0.1) is 5.41 Å². The fourth-order valence-corrected chi connectivity index (χ4v) is 1.07. The van der Waals surface area contributed by atoms with E-state index < -0.39 is 48.2 Å². The molecule has 2 amide bonds. The summed E-state index contributed by atoms with van der Waals surface area (Å²) in [6.07, 6.45) is 0. The normalized spacial score (nSPS) is 12.4. The van der Waals surface area contributed by atoms with Gasteiger partial charge in [-0.25, -0.2) is 0 Å². The van der Waals surface area contributed by atoms with Gasteiger partial charge in [-0.3, -0.25) is 19.2 Å². The largest absolute Gasteiger partial charge is 0.481 e. The average molecular weight is 274 g/mol. The van der Waals surface area contributed by atoms with Crippen molar-refractivity contribution in [2.24, 2.45) is 5.41 Å². The van der Waals surface area contributed by atoms with Gasteiger partial charge in [-0.2, -0.15) is 0 Å². The molecule has 8 heteroatoms. The highest BCUT2D eigenvalue weighted by atomic mass is 16.4. The van der Waals surface area contributed by atoms with E-state index in [1.54, 1.807) is 0 Å². The SMILES string of the molecule is CC(=O)NC(CO)C(=O)NCC(=O)C(C)(C)C(=O)O. The van der Waals surface area contributed by atoms with Gasteiger partial charge in [-0.15, -0.1) is 0 Å². The van der Waals surface area contributed by atoms with Gasteiger partial charge >= 0.3 is 5.97 Å². The van der Waals surface area contributed by atoms with Crippen LogP contribution in [-0.4, -0.2) is 53.0 Å². The summed E-state index contributed by atoms with van der Waals surface area (Å²) in [5.41, 5.74) is -1.62. The average Bonchev–Trinajstić information content (AvgIpc) is 2.31. The summed E-state index contributed by atoms with van der Waals surface area (Å²) in [5, 5.41) is 22.1. The summed E-state index contributed by atoms with van der Waals surface area (Å²) in [7, 11) is 0. The molecule has 1 atom stereocenters. The smallest absolute Gasteiger partial charge is 0.316 e. The van der Waals surface area contributed by atoms with E-state index in [-0.39, 0.29) is 0 Å². The molecule has 0 heterocycles. The summed E-state index contributed by atoms with van der Waals surface area (Å²) in [6.45, 7) is 2.51. The molecule has 0 bridgehead atoms. The van der Waals surface area contributed by atoms with Crippen LogP contribution in [0.15, 0.2) is 0 Å². The number of amides is 2. The van der Waals surface area contributed by atoms with Crippen molar-refractivity contribution >= 4 is 23.6 Å². The lowest BCUT2D eigenvalue weighted by molar-refractivity contribution is -0.152. The van der Waals surface area contributed by atoms with Crippen molar-refractivity contribution in [2.45, 2.75) is 26.8 Å². The van der Waals surface area contributed by atoms with E-state index in [9.17, 15) is 19.2 Å². The zero-order chi connectivity index (χ0) is 15.2. The van der Waals surface area contributed by atoms with E-state index >= 15 is 0 Å². The second-order valence-corrected chi connectivity index (χ2v) is 4.51. The van der Waals surface area contributed by atoms with Crippen LogP contribution in [-0.2, 0) is 19.2 Å². The number of nitrogens with one attached hydrogen (secondary N) is 2. The number of carboxylic acids is 1. The van der Waals surface area contributed by atoms with Crippen LogP contribution >= 0.6 is 0 Å². The van der Waals surface area contributed by atoms with Crippen molar-refractivity contribution in [1.82, 2.24) is 10.6 Å². The number of hydrogen-bond donors (Lipinski definition) is 4. The van der Waals surface area contributed by atoms with Gasteiger partial charge in [0.15, 0.2) is 5.78 Å². The van der Waals surface area contributed by atoms with Crippen molar-refractivity contribution < 1.29 is 29.4 Å². The van der Waals surface area contributed by atoms with E-state index in [4.69, 9.17) is 10.2 Å². The lowest BCUT2D eigenvalue weighted by Crippen LogP contribution is -2.50. The van der Waals surface area contributed by atoms with Crippen molar-refractivity contribution in [2.75, 3.05) is 13.2 Å². The molecule has 4 N–H and O–H groups in total. The first kappa shape index (κ1) is 17.0. The molecule has 0 saturated carbocycles. The van der Waals surface area contributed by atoms with Crippen molar-refractivity contribution in [1.29, 1.82) is 0 Å². The van der Waals surface area contributed by atoms with E-state index in [1.807, 2.05) is 0 Å². The number of carbonyl (C=O) groups is 4. The minimum absolute atomic E-state index is 0.492. The Labute approximate surface area is 110 Å². The molecule has 0 aromatic carbocycles. The fraction of sp³-hybridized carbons (Fsp3) is 0.636. The maximum Gasteiger partial charge on any atom is 0.316 e. The first-order valence-electron chi connectivity index (χ1n) is 5.55. The highest BCUT2D eigenvalue weighted by molar-refractivity contribution is 6.04. The van der Waals surface area contributed by atoms with E-state index in [2.05, 4.69) is 10.6 Å². The number of carbonyl (C=O) groups excluding carboxylic acids is 3. The Morgan fingerprint density at radius 2 is 1.74 bits per heavy atom. The molecule has 0 rings (SSSR count). The molecule has 108 valence electrons. The molecule has 0 aliphatic carbocycles. The third-order valence-electron chi connectivity index (χ3n) is 2.53. The number of hydrogen-bond acceptors (Lipinski definition) is 5. The van der Waals surface area contributed by atoms with Crippen molar-refractivity contribution in [3.63, 3.8) is 0 Å². The minimum Gasteiger partial charge on any atom is -0.481 e. The Bertz CT molecular complexity index is 391. The Balaban J connectivity index is 4.48. The molecule has 0 spiro atoms. The lowest BCUT2D eigenvalue weighted by atomic mass is 9.88. The van der Waals surface area contributed by atoms with E-state index in [0.29, 0.717) is 0 Å². The van der Waals surface area contributed by atoms with Gasteiger partial charge in [0, 0.05) is 6.92 Å². The first-order chi connectivity index (χ1) is 8.62. The number of carboxylic acid groups (broad SMARTS) is 1. The molecule has 0 aromatic rings. The van der Waals surface area contributed by atoms with Crippen LogP contribution in [0.2, 0.25) is 0 Å². The zero-order valence-electron chi connectivity index (χ0n) is 11.0. The van der Waals surface area contributed by atoms with Crippen LogP contribution in [0.3, 0.4) is 0 Å². The van der Waals surface area contributed by atoms with Gasteiger partial charge in [-0.05, 0) is 13.8 Å². The Morgan fingerprint density at radius 1 is 1.21 bits per heavy atom. The summed E-state index contributed by atoms with van der Waals surface area (Å²) in [4.78, 5) is 44.7. The third kappa shape index (κ3) is 5.04. The maximum absolute atomic E-state index is 11.6. The van der Waals surface area contributed by atoms with Gasteiger partial charge in [0.05, 0.1) is 13.2 Å². The molecule has 0 saturated heterocycles. The van der Waals surface area contributed by atoms with Crippen LogP contribution < -0.4 is 10.6 Å². The molecule has 0 aromatic heterocycles. The Morgan fingerprint density at radius 3 is 2.11 bits per heavy atom. The third-order valence-corrected chi connectivity index (χ3v) is 2.53. The van der Waals surface area contributed by atoms with E-state index in [1.165, 1.54) is 20.8 Å². The van der Waals surface area contributed by atoms with Gasteiger partial charge in [-0.1, -0.05) is 0 Å². The molecular formula is C11H18N2O6. The number of aliphatic hydroxyl groups excluding tert-OH is 1. The second kappa shape index (κ2) is 6.83. The molecular weight excluding hydrogens is 256 g/mol. The molecule has 19 heavy (non-hydrogen) atoms. The van der Waals surface area contributed by atoms with Crippen LogP contribution in [0.5, 0.6) is 0 Å². The molecule has 8 nitrogen and oxygen atoms in total. The predicted molar refractivity (Wildman–Crippen MR) is 64.1 cm³/mol. The molecule has 0 aliphatic heterocycles. The Kier molecular flexibility index (Phi) is 6.13. The van der Waals surface area contributed by atoms with Crippen LogP contribution in [0.4, 0.5) is 0 Å². The highest BCUT2D eigenvalue weighted by Crippen LogP contribution is 2.15. The molecule has 0 radical (unpaired) electrons. The molecule has 0 aliphatic rings. The number of ketones is 1. The maximum atomic E-state index is 11.6. The van der Waals surface area contributed by atoms with Gasteiger partial charge in [0.2, 0.25) is 11.8 Å². The standard InChI is InChI=1S/C11H18N2O6/c1-6(15)13-7(5-14)9(17)12-4-8(16)11(2,3)10(18)19/h7,14H,4-5H2,1-3H3,(H,12,17)(H,13,15)(H,18,19). The van der Waals surface area contributed by atoms with Gasteiger partial charge < -0.3 is 20.8 Å². The quantitative estimate of drug-likeness (QED) is 0.408. The second-order valence-electron chi connectivity index (χ2n) is 4.51. The zero-order valence-corrected chi connectivity index (χ0v) is 11.0. The lowest BCUT2D eigenvalue weighted by Gasteiger charge is -2.19. The topological polar surface area (TPSA) is 133 Å². The number of aliphatic hydroxyl groups is 1. The number of aliphatic carboxylic acids is 1. The minimum atomic E-state index is -1.62. The van der Waals surface area contributed by atoms with Gasteiger partial charge in [0.1, 0.15) is 11.5 Å². The fourth-order valence-electron chi connectivity index (χ4n) is 1.07. The highest BCUT2D eigenvalue weighted by Gasteiger charge is 2.35. The predicted octanol–water partition coefficient (Wildman–Crippen LogP) is -1.72. The number of rotatable bonds is 7. The van der Waals surface area contributed by atoms with E-state index in [0.717, 1.165) is 0 Å². The summed E-state index contributed by atoms with van der Waals surface area (Å²) in [6, 6.07) is -1.17. The summed E-state index contributed by atoms with van der Waals surface area (Å²) >= 11 is 0.